The maximum absolute atomic E-state index is 12.0. The average Bonchev–Trinajstić information content (AvgIpc) is 2.46. The molecular formula is C15H26BN3O4. The molecule has 0 unspecified atom stereocenters. The van der Waals surface area contributed by atoms with E-state index in [1.165, 1.54) is 0 Å². The minimum atomic E-state index is -1.47. The highest BCUT2D eigenvalue weighted by molar-refractivity contribution is 6.58. The molecule has 1 aromatic rings. The molecule has 1 amide bonds. The molecule has 1 aliphatic heterocycles. The third-order valence-electron chi connectivity index (χ3n) is 3.46. The molecule has 1 heterocycles. The van der Waals surface area contributed by atoms with E-state index in [0.717, 1.165) is 5.69 Å². The van der Waals surface area contributed by atoms with Crippen molar-refractivity contribution < 1.29 is 19.6 Å². The molecule has 128 valence electrons. The van der Waals surface area contributed by atoms with Crippen molar-refractivity contribution in [2.45, 2.75) is 26.4 Å². The predicted octanol–water partition coefficient (Wildman–Crippen LogP) is 0.585. The Bertz CT molecular complexity index is 526. The lowest BCUT2D eigenvalue weighted by Crippen LogP contribution is -2.50. The highest BCUT2D eigenvalue weighted by atomic mass is 16.6. The molecular weight excluding hydrogens is 297 g/mol. The first-order valence-electron chi connectivity index (χ1n) is 7.45. The molecule has 0 radical (unpaired) electrons. The van der Waals surface area contributed by atoms with Crippen LogP contribution in [0.15, 0.2) is 24.3 Å². The number of piperazine rings is 1. The topological polar surface area (TPSA) is 108 Å². The molecule has 0 spiro atoms. The second-order valence-electron chi connectivity index (χ2n) is 6.42. The Morgan fingerprint density at radius 1 is 1.17 bits per heavy atom. The zero-order chi connectivity index (χ0) is 16.3. The minimum Gasteiger partial charge on any atom is -0.444 e. The molecule has 1 aliphatic rings. The number of carbonyl (C=O) groups is 1. The molecule has 7 nitrogen and oxygen atoms in total. The van der Waals surface area contributed by atoms with Crippen LogP contribution in [-0.2, 0) is 4.74 Å². The van der Waals surface area contributed by atoms with Crippen molar-refractivity contribution in [3.05, 3.63) is 24.3 Å². The molecule has 1 aromatic carbocycles. The number of ether oxygens (including phenoxy) is 1. The minimum absolute atomic E-state index is 0. The van der Waals surface area contributed by atoms with Gasteiger partial charge in [0.25, 0.3) is 0 Å². The Kier molecular flexibility index (Phi) is 6.43. The van der Waals surface area contributed by atoms with Crippen LogP contribution in [0.1, 0.15) is 20.8 Å². The Hall–Kier alpha value is -1.77. The van der Waals surface area contributed by atoms with Crippen molar-refractivity contribution in [3.63, 3.8) is 0 Å². The van der Waals surface area contributed by atoms with Gasteiger partial charge in [0.2, 0.25) is 0 Å². The predicted molar refractivity (Wildman–Crippen MR) is 91.3 cm³/mol. The zero-order valence-electron chi connectivity index (χ0n) is 14.0. The summed E-state index contributed by atoms with van der Waals surface area (Å²) < 4.78 is 5.37. The maximum atomic E-state index is 12.0. The largest absolute Gasteiger partial charge is 0.488 e. The van der Waals surface area contributed by atoms with Crippen LogP contribution in [0.25, 0.3) is 0 Å². The third kappa shape index (κ3) is 5.42. The zero-order valence-corrected chi connectivity index (χ0v) is 14.0. The van der Waals surface area contributed by atoms with Gasteiger partial charge in [-0.2, -0.15) is 0 Å². The van der Waals surface area contributed by atoms with E-state index >= 15 is 0 Å². The van der Waals surface area contributed by atoms with Crippen LogP contribution in [0, 0.1) is 0 Å². The summed E-state index contributed by atoms with van der Waals surface area (Å²) in [5.41, 5.74) is 0.904. The van der Waals surface area contributed by atoms with Crippen LogP contribution in [0.3, 0.4) is 0 Å². The molecule has 0 atom stereocenters. The third-order valence-corrected chi connectivity index (χ3v) is 3.46. The highest BCUT2D eigenvalue weighted by Crippen LogP contribution is 2.17. The van der Waals surface area contributed by atoms with Gasteiger partial charge in [-0.05, 0) is 38.4 Å². The lowest BCUT2D eigenvalue weighted by molar-refractivity contribution is 0.0240. The second kappa shape index (κ2) is 7.67. The molecule has 5 N–H and O–H groups in total. The first-order chi connectivity index (χ1) is 10.3. The van der Waals surface area contributed by atoms with Gasteiger partial charge in [-0.15, -0.1) is 0 Å². The van der Waals surface area contributed by atoms with E-state index in [2.05, 4.69) is 4.90 Å². The first kappa shape index (κ1) is 19.3. The fourth-order valence-corrected chi connectivity index (χ4v) is 2.36. The number of amides is 1. The molecule has 0 saturated carbocycles. The lowest BCUT2D eigenvalue weighted by Gasteiger charge is -2.36. The van der Waals surface area contributed by atoms with E-state index in [0.29, 0.717) is 31.6 Å². The summed E-state index contributed by atoms with van der Waals surface area (Å²) in [6, 6.07) is 7.15. The normalized spacial score (nSPS) is 15.0. The van der Waals surface area contributed by atoms with Crippen LogP contribution in [-0.4, -0.2) is 59.9 Å². The van der Waals surface area contributed by atoms with E-state index in [1.807, 2.05) is 26.8 Å². The number of rotatable bonds is 2. The van der Waals surface area contributed by atoms with Gasteiger partial charge in [0.05, 0.1) is 0 Å². The number of benzene rings is 1. The Balaban J connectivity index is 0.00000264. The summed E-state index contributed by atoms with van der Waals surface area (Å²) >= 11 is 0. The van der Waals surface area contributed by atoms with Crippen molar-refractivity contribution in [1.29, 1.82) is 0 Å². The van der Waals surface area contributed by atoms with Gasteiger partial charge in [0.1, 0.15) is 5.60 Å². The number of hydrogen-bond donors (Lipinski definition) is 3. The van der Waals surface area contributed by atoms with Crippen molar-refractivity contribution in [3.8, 4) is 0 Å². The van der Waals surface area contributed by atoms with E-state index in [1.54, 1.807) is 23.1 Å². The first-order valence-corrected chi connectivity index (χ1v) is 7.45. The summed E-state index contributed by atoms with van der Waals surface area (Å²) in [5.74, 6) is 0. The van der Waals surface area contributed by atoms with Gasteiger partial charge in [0.15, 0.2) is 0 Å². The summed E-state index contributed by atoms with van der Waals surface area (Å²) in [5, 5.41) is 18.5. The van der Waals surface area contributed by atoms with E-state index < -0.39 is 12.7 Å². The van der Waals surface area contributed by atoms with Crippen molar-refractivity contribution in [1.82, 2.24) is 11.1 Å². The van der Waals surface area contributed by atoms with Crippen LogP contribution < -0.4 is 16.5 Å². The Morgan fingerprint density at radius 3 is 2.30 bits per heavy atom. The van der Waals surface area contributed by atoms with E-state index in [9.17, 15) is 14.8 Å². The molecule has 0 aromatic heterocycles. The standard InChI is InChI=1S/C15H23BN2O4.H3N/c1-15(2,3)22-14(19)18-9-7-17(8-10-18)13-6-4-5-12(11-13)16(20)21;/h4-6,11,20-21H,7-10H2,1-3H3;1H3. The summed E-state index contributed by atoms with van der Waals surface area (Å²) in [6.45, 7) is 8.10. The van der Waals surface area contributed by atoms with Gasteiger partial charge in [-0.25, -0.2) is 4.79 Å². The number of hydrogen-bond acceptors (Lipinski definition) is 6. The number of carbonyl (C=O) groups excluding carboxylic acids is 1. The average molecular weight is 323 g/mol. The summed E-state index contributed by atoms with van der Waals surface area (Å²) in [7, 11) is -1.47. The fourth-order valence-electron chi connectivity index (χ4n) is 2.36. The quantitative estimate of drug-likeness (QED) is 0.687. The van der Waals surface area contributed by atoms with Crippen molar-refractivity contribution in [2.24, 2.45) is 0 Å². The molecule has 0 aliphatic carbocycles. The number of anilines is 1. The van der Waals surface area contributed by atoms with Crippen LogP contribution in [0.5, 0.6) is 0 Å². The second-order valence-corrected chi connectivity index (χ2v) is 6.42. The maximum Gasteiger partial charge on any atom is 0.488 e. The highest BCUT2D eigenvalue weighted by Gasteiger charge is 2.26. The number of nitrogens with zero attached hydrogens (tertiary/aromatic N) is 2. The molecule has 1 fully saturated rings. The van der Waals surface area contributed by atoms with Crippen LogP contribution in [0.4, 0.5) is 10.5 Å². The Morgan fingerprint density at radius 2 is 1.78 bits per heavy atom. The van der Waals surface area contributed by atoms with Crippen molar-refractivity contribution >= 4 is 24.4 Å². The summed E-state index contributed by atoms with van der Waals surface area (Å²) in [4.78, 5) is 15.8. The van der Waals surface area contributed by atoms with Gasteiger partial charge in [-0.3, -0.25) is 0 Å². The van der Waals surface area contributed by atoms with Crippen molar-refractivity contribution in [2.75, 3.05) is 31.1 Å². The van der Waals surface area contributed by atoms with E-state index in [-0.39, 0.29) is 12.2 Å². The molecule has 0 bridgehead atoms. The molecule has 2 rings (SSSR count). The molecule has 23 heavy (non-hydrogen) atoms. The lowest BCUT2D eigenvalue weighted by atomic mass is 9.80. The summed E-state index contributed by atoms with van der Waals surface area (Å²) in [6.07, 6.45) is -0.285. The smallest absolute Gasteiger partial charge is 0.444 e. The van der Waals surface area contributed by atoms with Crippen LogP contribution >= 0.6 is 0 Å². The van der Waals surface area contributed by atoms with E-state index in [4.69, 9.17) is 4.74 Å². The SMILES string of the molecule is CC(C)(C)OC(=O)N1CCN(c2cccc(B(O)O)c2)CC1.N. The van der Waals surface area contributed by atoms with Gasteiger partial charge in [-0.1, -0.05) is 12.1 Å². The van der Waals surface area contributed by atoms with Crippen LogP contribution in [0.2, 0.25) is 0 Å². The van der Waals surface area contributed by atoms with Gasteiger partial charge in [0, 0.05) is 31.9 Å². The fraction of sp³-hybridized carbons (Fsp3) is 0.533. The van der Waals surface area contributed by atoms with Gasteiger partial charge >= 0.3 is 13.2 Å². The monoisotopic (exact) mass is 323 g/mol. The molecule has 8 heteroatoms. The molecule has 1 saturated heterocycles. The van der Waals surface area contributed by atoms with Gasteiger partial charge < -0.3 is 30.7 Å². The Labute approximate surface area is 137 Å².